The average molecular weight is 626 g/mol. The quantitative estimate of drug-likeness (QED) is 0.0436. The van der Waals surface area contributed by atoms with Gasteiger partial charge in [-0.25, -0.2) is 0 Å². The molecule has 0 saturated carbocycles. The van der Waals surface area contributed by atoms with Crippen LogP contribution in [0.3, 0.4) is 0 Å². The van der Waals surface area contributed by atoms with Gasteiger partial charge in [0.15, 0.2) is 6.20 Å². The Balaban J connectivity index is 1.26. The van der Waals surface area contributed by atoms with Crippen LogP contribution in [-0.4, -0.2) is 51.4 Å². The van der Waals surface area contributed by atoms with Crippen molar-refractivity contribution in [1.29, 1.82) is 0 Å². The van der Waals surface area contributed by atoms with Crippen LogP contribution in [0.25, 0.3) is 18.2 Å². The molecule has 0 bridgehead atoms. The van der Waals surface area contributed by atoms with Crippen molar-refractivity contribution in [2.75, 3.05) is 55.0 Å². The predicted molar refractivity (Wildman–Crippen MR) is 201 cm³/mol. The Morgan fingerprint density at radius 2 is 1.23 bits per heavy atom. The van der Waals surface area contributed by atoms with Gasteiger partial charge in [-0.1, -0.05) is 76.2 Å². The van der Waals surface area contributed by atoms with Crippen LogP contribution < -0.4 is 14.4 Å². The number of anilines is 2. The van der Waals surface area contributed by atoms with Crippen LogP contribution in [0, 0.1) is 0 Å². The molecule has 0 N–H and O–H groups in total. The van der Waals surface area contributed by atoms with Crippen LogP contribution >= 0.6 is 21.6 Å². The molecule has 3 rings (SSSR count). The molecule has 0 fully saturated rings. The number of aryl methyl sites for hydroxylation is 1. The summed E-state index contributed by atoms with van der Waals surface area (Å²) in [5.74, 6) is 2.35. The number of allylic oxidation sites excluding steroid dienone is 5. The highest BCUT2D eigenvalue weighted by molar-refractivity contribution is 8.76. The molecule has 4 nitrogen and oxygen atoms in total. The van der Waals surface area contributed by atoms with Gasteiger partial charge in [-0.2, -0.15) is 4.57 Å². The molecule has 0 unspecified atom stereocenters. The molecule has 2 aromatic carbocycles. The Kier molecular flexibility index (Phi) is 16.9. The van der Waals surface area contributed by atoms with Crippen molar-refractivity contribution < 1.29 is 4.57 Å². The first-order valence-corrected chi connectivity index (χ1v) is 18.1. The van der Waals surface area contributed by atoms with Crippen LogP contribution in [0.1, 0.15) is 43.5 Å². The van der Waals surface area contributed by atoms with E-state index in [1.165, 1.54) is 52.5 Å². The van der Waals surface area contributed by atoms with Gasteiger partial charge in [0.05, 0.1) is 0 Å². The zero-order valence-electron chi connectivity index (χ0n) is 26.9. The lowest BCUT2D eigenvalue weighted by Crippen LogP contribution is -2.34. The third-order valence-electron chi connectivity index (χ3n) is 7.06. The van der Waals surface area contributed by atoms with E-state index >= 15 is 0 Å². The lowest BCUT2D eigenvalue weighted by Gasteiger charge is -2.20. The highest BCUT2D eigenvalue weighted by Crippen LogP contribution is 2.24. The fourth-order valence-electron chi connectivity index (χ4n) is 4.46. The number of aliphatic imine (C=N–C) groups is 1. The first-order valence-electron chi connectivity index (χ1n) is 15.6. The summed E-state index contributed by atoms with van der Waals surface area (Å²) in [6.07, 6.45) is 22.9. The fourth-order valence-corrected chi connectivity index (χ4v) is 6.61. The first-order chi connectivity index (χ1) is 21.6. The minimum Gasteiger partial charge on any atom is -0.375 e. The van der Waals surface area contributed by atoms with Crippen LogP contribution in [0.15, 0.2) is 108 Å². The van der Waals surface area contributed by atoms with Gasteiger partial charge in [0.1, 0.15) is 6.54 Å². The molecule has 0 spiro atoms. The summed E-state index contributed by atoms with van der Waals surface area (Å²) in [6.45, 7) is 8.13. The van der Waals surface area contributed by atoms with E-state index in [0.717, 1.165) is 26.2 Å². The van der Waals surface area contributed by atoms with Gasteiger partial charge in [0.25, 0.3) is 0 Å². The third-order valence-corrected chi connectivity index (χ3v) is 9.64. The molecular formula is C38H49N4S2+. The molecule has 1 heterocycles. The van der Waals surface area contributed by atoms with Crippen molar-refractivity contribution in [3.8, 4) is 0 Å². The van der Waals surface area contributed by atoms with E-state index < -0.39 is 0 Å². The lowest BCUT2D eigenvalue weighted by atomic mass is 10.1. The Morgan fingerprint density at radius 3 is 1.82 bits per heavy atom. The predicted octanol–water partition coefficient (Wildman–Crippen LogP) is 9.11. The molecule has 0 radical (unpaired) electrons. The summed E-state index contributed by atoms with van der Waals surface area (Å²) in [7, 11) is 8.38. The van der Waals surface area contributed by atoms with E-state index in [1.807, 2.05) is 59.0 Å². The highest BCUT2D eigenvalue weighted by Gasteiger charge is 2.04. The second-order valence-electron chi connectivity index (χ2n) is 10.4. The summed E-state index contributed by atoms with van der Waals surface area (Å²) in [5, 5.41) is 0. The number of nitrogens with zero attached hydrogens (tertiary/aromatic N) is 4. The van der Waals surface area contributed by atoms with E-state index in [0.29, 0.717) is 0 Å². The van der Waals surface area contributed by atoms with Gasteiger partial charge in [0.2, 0.25) is 5.69 Å². The van der Waals surface area contributed by atoms with Crippen molar-refractivity contribution in [3.05, 3.63) is 120 Å². The minimum absolute atomic E-state index is 0.821. The van der Waals surface area contributed by atoms with Crippen LogP contribution in [-0.2, 0) is 6.54 Å². The molecule has 0 aliphatic rings. The zero-order valence-corrected chi connectivity index (χ0v) is 28.5. The van der Waals surface area contributed by atoms with E-state index in [2.05, 4.69) is 138 Å². The molecule has 1 aromatic heterocycles. The summed E-state index contributed by atoms with van der Waals surface area (Å²) in [6, 6.07) is 24.0. The number of benzene rings is 2. The van der Waals surface area contributed by atoms with E-state index in [1.54, 1.807) is 0 Å². The number of pyridine rings is 1. The number of rotatable bonds is 19. The normalized spacial score (nSPS) is 12.1. The van der Waals surface area contributed by atoms with Crippen molar-refractivity contribution in [1.82, 2.24) is 0 Å². The Hall–Kier alpha value is -3.48. The van der Waals surface area contributed by atoms with Gasteiger partial charge >= 0.3 is 0 Å². The van der Waals surface area contributed by atoms with E-state index in [9.17, 15) is 0 Å². The van der Waals surface area contributed by atoms with Crippen molar-refractivity contribution in [2.24, 2.45) is 4.99 Å². The number of aromatic nitrogens is 1. The van der Waals surface area contributed by atoms with Gasteiger partial charge in [0, 0.05) is 81.0 Å². The molecule has 6 heteroatoms. The minimum atomic E-state index is 0.821. The largest absolute Gasteiger partial charge is 0.375 e. The SMILES string of the molecule is CCN=C\C=C/C=C/C=C/c1ccc(N(C)CCCSSCCCN(C)c2ccc(/C=C/c3cccc[n+]3CC)cc2)cc1. The topological polar surface area (TPSA) is 22.7 Å². The summed E-state index contributed by atoms with van der Waals surface area (Å²) in [5.41, 5.74) is 6.19. The molecule has 0 amide bonds. The molecule has 0 saturated heterocycles. The van der Waals surface area contributed by atoms with Crippen molar-refractivity contribution in [2.45, 2.75) is 33.2 Å². The fraction of sp³-hybridized carbons (Fsp3) is 0.316. The van der Waals surface area contributed by atoms with Gasteiger partial charge in [-0.05, 0) is 80.3 Å². The maximum Gasteiger partial charge on any atom is 0.205 e. The number of hydrogen-bond donors (Lipinski definition) is 0. The second-order valence-corrected chi connectivity index (χ2v) is 13.1. The maximum absolute atomic E-state index is 4.15. The second kappa shape index (κ2) is 21.3. The van der Waals surface area contributed by atoms with Gasteiger partial charge < -0.3 is 9.80 Å². The lowest BCUT2D eigenvalue weighted by molar-refractivity contribution is -0.695. The Labute approximate surface area is 274 Å². The van der Waals surface area contributed by atoms with Crippen molar-refractivity contribution >= 4 is 57.4 Å². The van der Waals surface area contributed by atoms with Crippen LogP contribution in [0.2, 0.25) is 0 Å². The van der Waals surface area contributed by atoms with Gasteiger partial charge in [-0.3, -0.25) is 4.99 Å². The van der Waals surface area contributed by atoms with Gasteiger partial charge in [-0.15, -0.1) is 0 Å². The first kappa shape index (κ1) is 35.0. The third kappa shape index (κ3) is 13.4. The van der Waals surface area contributed by atoms with E-state index in [-0.39, 0.29) is 0 Å². The molecule has 0 aliphatic carbocycles. The smallest absolute Gasteiger partial charge is 0.205 e. The van der Waals surface area contributed by atoms with Crippen molar-refractivity contribution in [3.63, 3.8) is 0 Å². The molecule has 0 aliphatic heterocycles. The number of hydrogen-bond acceptors (Lipinski definition) is 5. The maximum atomic E-state index is 4.15. The molecule has 3 aromatic rings. The summed E-state index contributed by atoms with van der Waals surface area (Å²) < 4.78 is 2.25. The monoisotopic (exact) mass is 625 g/mol. The summed E-state index contributed by atoms with van der Waals surface area (Å²) >= 11 is 0. The van der Waals surface area contributed by atoms with Crippen LogP contribution in [0.5, 0.6) is 0 Å². The summed E-state index contributed by atoms with van der Waals surface area (Å²) in [4.78, 5) is 8.86. The molecule has 44 heavy (non-hydrogen) atoms. The molecule has 0 atom stereocenters. The van der Waals surface area contributed by atoms with Crippen LogP contribution in [0.4, 0.5) is 11.4 Å². The Morgan fingerprint density at radius 1 is 0.659 bits per heavy atom. The molecular weight excluding hydrogens is 577 g/mol. The highest BCUT2D eigenvalue weighted by atomic mass is 33.1. The molecule has 232 valence electrons. The average Bonchev–Trinajstić information content (AvgIpc) is 3.06. The zero-order chi connectivity index (χ0) is 31.2. The Bertz CT molecular complexity index is 1360. The standard InChI is InChI=1S/C38H49N4S2/c1-5-39-28-12-9-7-8-10-16-34-18-23-36(24-19-34)40(3)29-14-32-43-44-33-15-30-41(4)37-25-20-35(21-26-37)22-27-38-17-11-13-31-42(38)6-2/h7-13,16-28,31H,5-6,14-15,29-30,32-33H2,1-4H3/q+1/b8-7+,12-9-,16-10+,39-28?. The van der Waals surface area contributed by atoms with E-state index in [4.69, 9.17) is 0 Å².